The van der Waals surface area contributed by atoms with Gasteiger partial charge >= 0.3 is 0 Å². The standard InChI is InChI=1S/2C13H26/c2*1-5-6-7-8-9-10-11-12-13(2,3)4/h2*10-11H,5-9,12H2,1-4H3/b11-10+;11-10-. The highest BCUT2D eigenvalue weighted by molar-refractivity contribution is 4.86. The third-order valence-corrected chi connectivity index (χ3v) is 4.24. The van der Waals surface area contributed by atoms with Crippen molar-refractivity contribution in [3.05, 3.63) is 24.3 Å². The summed E-state index contributed by atoms with van der Waals surface area (Å²) in [7, 11) is 0. The van der Waals surface area contributed by atoms with Crippen LogP contribution in [0.1, 0.15) is 132 Å². The molecule has 0 N–H and O–H groups in total. The SMILES string of the molecule is CCCCCC/C=C/CC(C)(C)C.CCCCCC/C=C\CC(C)(C)C. The number of unbranched alkanes of at least 4 members (excludes halogenated alkanes) is 8. The van der Waals surface area contributed by atoms with Crippen LogP contribution in [0.5, 0.6) is 0 Å². The predicted molar refractivity (Wildman–Crippen MR) is 124 cm³/mol. The van der Waals surface area contributed by atoms with Crippen LogP contribution in [0, 0.1) is 10.8 Å². The Morgan fingerprint density at radius 2 is 0.808 bits per heavy atom. The van der Waals surface area contributed by atoms with E-state index in [1.54, 1.807) is 0 Å². The molecule has 0 fully saturated rings. The average molecular weight is 365 g/mol. The largest absolute Gasteiger partial charge is 0.0885 e. The van der Waals surface area contributed by atoms with E-state index < -0.39 is 0 Å². The van der Waals surface area contributed by atoms with Gasteiger partial charge in [-0.3, -0.25) is 0 Å². The minimum Gasteiger partial charge on any atom is -0.0885 e. The lowest BCUT2D eigenvalue weighted by Gasteiger charge is -2.14. The second-order valence-electron chi connectivity index (χ2n) is 10.2. The van der Waals surface area contributed by atoms with Crippen LogP contribution in [0.15, 0.2) is 24.3 Å². The molecule has 0 unspecified atom stereocenters. The van der Waals surface area contributed by atoms with Gasteiger partial charge in [0.25, 0.3) is 0 Å². The van der Waals surface area contributed by atoms with Crippen LogP contribution in [0.2, 0.25) is 0 Å². The fourth-order valence-corrected chi connectivity index (χ4v) is 2.49. The maximum atomic E-state index is 2.35. The van der Waals surface area contributed by atoms with Gasteiger partial charge < -0.3 is 0 Å². The highest BCUT2D eigenvalue weighted by Gasteiger charge is 2.06. The van der Waals surface area contributed by atoms with E-state index in [-0.39, 0.29) is 0 Å². The molecule has 0 heteroatoms. The zero-order valence-electron chi connectivity index (χ0n) is 19.8. The van der Waals surface area contributed by atoms with Crippen LogP contribution in [0.4, 0.5) is 0 Å². The Kier molecular flexibility index (Phi) is 19.0. The molecule has 0 atom stereocenters. The second-order valence-corrected chi connectivity index (χ2v) is 10.2. The zero-order chi connectivity index (χ0) is 20.3. The summed E-state index contributed by atoms with van der Waals surface area (Å²) in [5.74, 6) is 0. The molecule has 0 aromatic rings. The van der Waals surface area contributed by atoms with Crippen LogP contribution in [-0.2, 0) is 0 Å². The van der Waals surface area contributed by atoms with Crippen LogP contribution in [0.3, 0.4) is 0 Å². The Morgan fingerprint density at radius 3 is 1.08 bits per heavy atom. The Morgan fingerprint density at radius 1 is 0.462 bits per heavy atom. The first-order chi connectivity index (χ1) is 12.1. The lowest BCUT2D eigenvalue weighted by atomic mass is 9.92. The van der Waals surface area contributed by atoms with Crippen molar-refractivity contribution in [3.8, 4) is 0 Å². The maximum absolute atomic E-state index is 2.35. The summed E-state index contributed by atoms with van der Waals surface area (Å²) in [5, 5.41) is 0. The molecule has 0 aliphatic rings. The Balaban J connectivity index is 0. The first kappa shape index (κ1) is 27.7. The fraction of sp³-hybridized carbons (Fsp3) is 0.846. The van der Waals surface area contributed by atoms with Gasteiger partial charge in [-0.2, -0.15) is 0 Å². The van der Waals surface area contributed by atoms with Crippen molar-refractivity contribution in [1.29, 1.82) is 0 Å². The van der Waals surface area contributed by atoms with Crippen molar-refractivity contribution < 1.29 is 0 Å². The molecular formula is C26H52. The van der Waals surface area contributed by atoms with Gasteiger partial charge in [0.05, 0.1) is 0 Å². The third-order valence-electron chi connectivity index (χ3n) is 4.24. The summed E-state index contributed by atoms with van der Waals surface area (Å²) in [4.78, 5) is 0. The lowest BCUT2D eigenvalue weighted by molar-refractivity contribution is 0.419. The molecule has 0 aromatic heterocycles. The third kappa shape index (κ3) is 31.3. The van der Waals surface area contributed by atoms with E-state index in [9.17, 15) is 0 Å². The minimum atomic E-state index is 0.458. The lowest BCUT2D eigenvalue weighted by Crippen LogP contribution is -2.01. The zero-order valence-corrected chi connectivity index (χ0v) is 19.8. The molecule has 0 nitrogen and oxygen atoms in total. The molecule has 0 amide bonds. The van der Waals surface area contributed by atoms with Crippen LogP contribution >= 0.6 is 0 Å². The Labute approximate surface area is 167 Å². The van der Waals surface area contributed by atoms with Crippen molar-refractivity contribution in [2.75, 3.05) is 0 Å². The van der Waals surface area contributed by atoms with E-state index in [2.05, 4.69) is 79.7 Å². The summed E-state index contributed by atoms with van der Waals surface area (Å²) in [6.07, 6.45) is 25.3. The number of hydrogen-bond acceptors (Lipinski definition) is 0. The molecule has 0 saturated heterocycles. The molecule has 0 radical (unpaired) electrons. The minimum absolute atomic E-state index is 0.458. The number of allylic oxidation sites excluding steroid dienone is 4. The molecule has 0 aliphatic heterocycles. The van der Waals surface area contributed by atoms with Crippen LogP contribution in [-0.4, -0.2) is 0 Å². The quantitative estimate of drug-likeness (QED) is 0.239. The molecule has 0 bridgehead atoms. The van der Waals surface area contributed by atoms with Gasteiger partial charge in [-0.1, -0.05) is 118 Å². The molecule has 0 aromatic carbocycles. The van der Waals surface area contributed by atoms with Gasteiger partial charge in [0.1, 0.15) is 0 Å². The topological polar surface area (TPSA) is 0 Å². The summed E-state index contributed by atoms with van der Waals surface area (Å²) in [6, 6.07) is 0. The first-order valence-electron chi connectivity index (χ1n) is 11.4. The smallest absolute Gasteiger partial charge is 0.0302 e. The van der Waals surface area contributed by atoms with Crippen LogP contribution in [0.25, 0.3) is 0 Å². The molecule has 0 aliphatic carbocycles. The fourth-order valence-electron chi connectivity index (χ4n) is 2.49. The Hall–Kier alpha value is -0.520. The average Bonchev–Trinajstić information content (AvgIpc) is 2.52. The van der Waals surface area contributed by atoms with Gasteiger partial charge in [0.2, 0.25) is 0 Å². The van der Waals surface area contributed by atoms with E-state index in [0.717, 1.165) is 0 Å². The van der Waals surface area contributed by atoms with Gasteiger partial charge in [0, 0.05) is 0 Å². The van der Waals surface area contributed by atoms with E-state index in [4.69, 9.17) is 0 Å². The van der Waals surface area contributed by atoms with Crippen molar-refractivity contribution in [3.63, 3.8) is 0 Å². The van der Waals surface area contributed by atoms with Crippen molar-refractivity contribution >= 4 is 0 Å². The second kappa shape index (κ2) is 17.9. The molecule has 0 spiro atoms. The van der Waals surface area contributed by atoms with Crippen molar-refractivity contribution in [2.24, 2.45) is 10.8 Å². The van der Waals surface area contributed by atoms with E-state index in [0.29, 0.717) is 10.8 Å². The highest BCUT2D eigenvalue weighted by atomic mass is 14.1. The molecule has 156 valence electrons. The molecule has 26 heavy (non-hydrogen) atoms. The van der Waals surface area contributed by atoms with Crippen molar-refractivity contribution in [2.45, 2.75) is 132 Å². The van der Waals surface area contributed by atoms with E-state index >= 15 is 0 Å². The normalized spacial score (nSPS) is 12.6. The van der Waals surface area contributed by atoms with Crippen molar-refractivity contribution in [1.82, 2.24) is 0 Å². The maximum Gasteiger partial charge on any atom is -0.0302 e. The van der Waals surface area contributed by atoms with Gasteiger partial charge in [-0.05, 0) is 49.4 Å². The number of rotatable bonds is 12. The molecule has 0 heterocycles. The van der Waals surface area contributed by atoms with E-state index in [1.807, 2.05) is 0 Å². The first-order valence-corrected chi connectivity index (χ1v) is 11.4. The number of hydrogen-bond donors (Lipinski definition) is 0. The monoisotopic (exact) mass is 364 g/mol. The Bertz CT molecular complexity index is 285. The van der Waals surface area contributed by atoms with E-state index in [1.165, 1.54) is 77.0 Å². The van der Waals surface area contributed by atoms with Crippen LogP contribution < -0.4 is 0 Å². The van der Waals surface area contributed by atoms with Gasteiger partial charge in [-0.15, -0.1) is 0 Å². The van der Waals surface area contributed by atoms with Gasteiger partial charge in [-0.25, -0.2) is 0 Å². The summed E-state index contributed by atoms with van der Waals surface area (Å²) in [6.45, 7) is 18.2. The predicted octanol–water partition coefficient (Wildman–Crippen LogP) is 9.90. The van der Waals surface area contributed by atoms with Gasteiger partial charge in [0.15, 0.2) is 0 Å². The summed E-state index contributed by atoms with van der Waals surface area (Å²) in [5.41, 5.74) is 0.917. The summed E-state index contributed by atoms with van der Waals surface area (Å²) >= 11 is 0. The molecular weight excluding hydrogens is 312 g/mol. The highest BCUT2D eigenvalue weighted by Crippen LogP contribution is 2.19. The molecule has 0 saturated carbocycles. The summed E-state index contributed by atoms with van der Waals surface area (Å²) < 4.78 is 0. The molecule has 0 rings (SSSR count).